The van der Waals surface area contributed by atoms with Crippen molar-refractivity contribution in [1.29, 1.82) is 0 Å². The highest BCUT2D eigenvalue weighted by atomic mass is 35.5. The Morgan fingerprint density at radius 3 is 2.37 bits per heavy atom. The van der Waals surface area contributed by atoms with E-state index in [2.05, 4.69) is 0 Å². The van der Waals surface area contributed by atoms with Gasteiger partial charge in [0.25, 0.3) is 0 Å². The first-order valence-corrected chi connectivity index (χ1v) is 6.40. The molecule has 2 rings (SSSR count). The Hall–Kier alpha value is -1.75. The standard InChI is InChI=1S/C13H15ClN2O3/c1-9(17)15-4-6-16(7-5-15)12-8-10(13(18)19)2-3-11(12)14/h2-3,8H,4-7H2,1H3,(H,18,19). The number of benzene rings is 1. The van der Waals surface area contributed by atoms with Crippen molar-refractivity contribution in [3.63, 3.8) is 0 Å². The van der Waals surface area contributed by atoms with Crippen LogP contribution < -0.4 is 4.90 Å². The van der Waals surface area contributed by atoms with Gasteiger partial charge in [-0.25, -0.2) is 4.79 Å². The zero-order chi connectivity index (χ0) is 14.0. The molecule has 19 heavy (non-hydrogen) atoms. The molecule has 1 aliphatic rings. The molecule has 1 aliphatic heterocycles. The lowest BCUT2D eigenvalue weighted by atomic mass is 10.1. The predicted octanol–water partition coefficient (Wildman–Crippen LogP) is 1.71. The molecular formula is C13H15ClN2O3. The summed E-state index contributed by atoms with van der Waals surface area (Å²) in [7, 11) is 0. The first kappa shape index (κ1) is 13.7. The molecule has 1 heterocycles. The molecule has 1 N–H and O–H groups in total. The molecule has 0 aliphatic carbocycles. The van der Waals surface area contributed by atoms with Gasteiger partial charge in [0.1, 0.15) is 0 Å². The maximum absolute atomic E-state index is 11.3. The number of carbonyl (C=O) groups excluding carboxylic acids is 1. The van der Waals surface area contributed by atoms with Crippen LogP contribution in [0.1, 0.15) is 17.3 Å². The van der Waals surface area contributed by atoms with E-state index >= 15 is 0 Å². The summed E-state index contributed by atoms with van der Waals surface area (Å²) in [6.45, 7) is 4.12. The van der Waals surface area contributed by atoms with Crippen molar-refractivity contribution in [2.45, 2.75) is 6.92 Å². The Balaban J connectivity index is 2.17. The summed E-state index contributed by atoms with van der Waals surface area (Å²) in [5, 5.41) is 9.53. The number of carbonyl (C=O) groups is 2. The third-order valence-electron chi connectivity index (χ3n) is 3.26. The number of carboxylic acid groups (broad SMARTS) is 1. The molecule has 0 unspecified atom stereocenters. The fourth-order valence-electron chi connectivity index (χ4n) is 2.15. The summed E-state index contributed by atoms with van der Waals surface area (Å²) < 4.78 is 0. The maximum Gasteiger partial charge on any atom is 0.335 e. The zero-order valence-corrected chi connectivity index (χ0v) is 11.4. The monoisotopic (exact) mass is 282 g/mol. The van der Waals surface area contributed by atoms with Gasteiger partial charge in [-0.1, -0.05) is 11.6 Å². The van der Waals surface area contributed by atoms with E-state index in [1.54, 1.807) is 24.0 Å². The van der Waals surface area contributed by atoms with Gasteiger partial charge in [-0.2, -0.15) is 0 Å². The molecule has 1 amide bonds. The summed E-state index contributed by atoms with van der Waals surface area (Å²) in [6.07, 6.45) is 0. The number of nitrogens with zero attached hydrogens (tertiary/aromatic N) is 2. The first-order chi connectivity index (χ1) is 8.99. The van der Waals surface area contributed by atoms with E-state index in [1.165, 1.54) is 6.07 Å². The lowest BCUT2D eigenvalue weighted by Gasteiger charge is -2.36. The molecule has 0 atom stereocenters. The molecule has 1 aromatic carbocycles. The van der Waals surface area contributed by atoms with Gasteiger partial charge in [0, 0.05) is 33.1 Å². The highest BCUT2D eigenvalue weighted by molar-refractivity contribution is 6.33. The van der Waals surface area contributed by atoms with Gasteiger partial charge in [0.2, 0.25) is 5.91 Å². The van der Waals surface area contributed by atoms with Crippen molar-refractivity contribution in [3.8, 4) is 0 Å². The number of amides is 1. The van der Waals surface area contributed by atoms with Crippen LogP contribution in [0.15, 0.2) is 18.2 Å². The van der Waals surface area contributed by atoms with Crippen molar-refractivity contribution in [2.24, 2.45) is 0 Å². The molecule has 0 radical (unpaired) electrons. The Morgan fingerprint density at radius 2 is 1.84 bits per heavy atom. The zero-order valence-electron chi connectivity index (χ0n) is 10.6. The van der Waals surface area contributed by atoms with Gasteiger partial charge in [-0.3, -0.25) is 4.79 Å². The lowest BCUT2D eigenvalue weighted by molar-refractivity contribution is -0.129. The van der Waals surface area contributed by atoms with Crippen LogP contribution in [0.5, 0.6) is 0 Å². The maximum atomic E-state index is 11.3. The number of hydrogen-bond donors (Lipinski definition) is 1. The summed E-state index contributed by atoms with van der Waals surface area (Å²) in [6, 6.07) is 4.66. The summed E-state index contributed by atoms with van der Waals surface area (Å²) in [5.74, 6) is -0.912. The normalized spacial score (nSPS) is 15.5. The third-order valence-corrected chi connectivity index (χ3v) is 3.58. The highest BCUT2D eigenvalue weighted by Crippen LogP contribution is 2.28. The number of halogens is 1. The second kappa shape index (κ2) is 5.48. The minimum Gasteiger partial charge on any atom is -0.478 e. The largest absolute Gasteiger partial charge is 0.478 e. The van der Waals surface area contributed by atoms with Crippen LogP contribution in [0, 0.1) is 0 Å². The van der Waals surface area contributed by atoms with Crippen LogP contribution in [0.4, 0.5) is 5.69 Å². The Kier molecular flexibility index (Phi) is 3.95. The number of hydrogen-bond acceptors (Lipinski definition) is 3. The van der Waals surface area contributed by atoms with Gasteiger partial charge in [-0.15, -0.1) is 0 Å². The first-order valence-electron chi connectivity index (χ1n) is 6.02. The molecule has 102 valence electrons. The number of piperazine rings is 1. The molecule has 1 saturated heterocycles. The van der Waals surface area contributed by atoms with E-state index in [0.29, 0.717) is 36.9 Å². The van der Waals surface area contributed by atoms with Crippen molar-refractivity contribution in [3.05, 3.63) is 28.8 Å². The van der Waals surface area contributed by atoms with Gasteiger partial charge in [0.05, 0.1) is 16.3 Å². The van der Waals surface area contributed by atoms with E-state index < -0.39 is 5.97 Å². The SMILES string of the molecule is CC(=O)N1CCN(c2cc(C(=O)O)ccc2Cl)CC1. The Labute approximate surface area is 116 Å². The topological polar surface area (TPSA) is 60.9 Å². The second-order valence-corrected chi connectivity index (χ2v) is 4.87. The van der Waals surface area contributed by atoms with Gasteiger partial charge < -0.3 is 14.9 Å². The molecule has 5 nitrogen and oxygen atoms in total. The Morgan fingerprint density at radius 1 is 1.21 bits per heavy atom. The molecule has 0 saturated carbocycles. The average Bonchev–Trinajstić information content (AvgIpc) is 2.39. The van der Waals surface area contributed by atoms with E-state index in [9.17, 15) is 9.59 Å². The van der Waals surface area contributed by atoms with Crippen molar-refractivity contribution in [1.82, 2.24) is 4.90 Å². The molecule has 6 heteroatoms. The third kappa shape index (κ3) is 2.98. The average molecular weight is 283 g/mol. The van der Waals surface area contributed by atoms with E-state index in [1.807, 2.05) is 4.90 Å². The van der Waals surface area contributed by atoms with E-state index in [0.717, 1.165) is 0 Å². The number of anilines is 1. The van der Waals surface area contributed by atoms with Crippen molar-refractivity contribution in [2.75, 3.05) is 31.1 Å². The molecule has 1 fully saturated rings. The van der Waals surface area contributed by atoms with Crippen LogP contribution in [-0.4, -0.2) is 48.1 Å². The van der Waals surface area contributed by atoms with Gasteiger partial charge in [0.15, 0.2) is 0 Å². The summed E-state index contributed by atoms with van der Waals surface area (Å²) in [4.78, 5) is 26.0. The fourth-order valence-corrected chi connectivity index (χ4v) is 2.39. The van der Waals surface area contributed by atoms with Crippen LogP contribution >= 0.6 is 11.6 Å². The number of rotatable bonds is 2. The smallest absolute Gasteiger partial charge is 0.335 e. The number of aromatic carboxylic acids is 1. The van der Waals surface area contributed by atoms with E-state index in [4.69, 9.17) is 16.7 Å². The summed E-state index contributed by atoms with van der Waals surface area (Å²) >= 11 is 6.12. The molecule has 0 spiro atoms. The molecule has 1 aromatic rings. The van der Waals surface area contributed by atoms with Crippen LogP contribution in [-0.2, 0) is 4.79 Å². The van der Waals surface area contributed by atoms with Gasteiger partial charge >= 0.3 is 5.97 Å². The molecule has 0 aromatic heterocycles. The highest BCUT2D eigenvalue weighted by Gasteiger charge is 2.21. The van der Waals surface area contributed by atoms with E-state index in [-0.39, 0.29) is 11.5 Å². The van der Waals surface area contributed by atoms with Crippen molar-refractivity contribution >= 4 is 29.2 Å². The minimum absolute atomic E-state index is 0.0602. The second-order valence-electron chi connectivity index (χ2n) is 4.46. The minimum atomic E-state index is -0.972. The molecule has 0 bridgehead atoms. The fraction of sp³-hybridized carbons (Fsp3) is 0.385. The van der Waals surface area contributed by atoms with Crippen LogP contribution in [0.25, 0.3) is 0 Å². The number of carboxylic acids is 1. The van der Waals surface area contributed by atoms with Crippen molar-refractivity contribution < 1.29 is 14.7 Å². The van der Waals surface area contributed by atoms with Crippen LogP contribution in [0.2, 0.25) is 5.02 Å². The summed E-state index contributed by atoms with van der Waals surface area (Å²) in [5.41, 5.74) is 0.929. The quantitative estimate of drug-likeness (QED) is 0.897. The van der Waals surface area contributed by atoms with Gasteiger partial charge in [-0.05, 0) is 18.2 Å². The Bertz CT molecular complexity index is 511. The predicted molar refractivity (Wildman–Crippen MR) is 72.9 cm³/mol. The lowest BCUT2D eigenvalue weighted by Crippen LogP contribution is -2.48. The van der Waals surface area contributed by atoms with Crippen LogP contribution in [0.3, 0.4) is 0 Å². The molecular weight excluding hydrogens is 268 g/mol.